The Hall–Kier alpha value is -2.26. The number of imidazole rings is 1. The molecule has 2 aromatic heterocycles. The van der Waals surface area contributed by atoms with Crippen molar-refractivity contribution in [3.8, 4) is 0 Å². The van der Waals surface area contributed by atoms with Crippen molar-refractivity contribution in [2.75, 3.05) is 12.4 Å². The minimum absolute atomic E-state index is 0.0618. The summed E-state index contributed by atoms with van der Waals surface area (Å²) in [5.41, 5.74) is 0.780. The molecule has 2 N–H and O–H groups in total. The smallest absolute Gasteiger partial charge is 0.252 e. The third-order valence-corrected chi connectivity index (χ3v) is 4.72. The van der Waals surface area contributed by atoms with Gasteiger partial charge < -0.3 is 15.2 Å². The molecule has 0 saturated carbocycles. The largest absolute Gasteiger partial charge is 0.355 e. The Labute approximate surface area is 167 Å². The summed E-state index contributed by atoms with van der Waals surface area (Å²) in [6.07, 6.45) is 1.64. The Kier molecular flexibility index (Phi) is 5.34. The Balaban J connectivity index is 2.20. The van der Waals surface area contributed by atoms with Crippen LogP contribution in [0.15, 0.2) is 23.1 Å². The van der Waals surface area contributed by atoms with E-state index in [2.05, 4.69) is 36.5 Å². The van der Waals surface area contributed by atoms with E-state index >= 15 is 0 Å². The van der Waals surface area contributed by atoms with E-state index in [0.29, 0.717) is 15.6 Å². The molecule has 0 atom stereocenters. The van der Waals surface area contributed by atoms with E-state index in [-0.39, 0.29) is 23.1 Å². The lowest BCUT2D eigenvalue weighted by molar-refractivity contribution is 0.0962. The van der Waals surface area contributed by atoms with Crippen molar-refractivity contribution in [2.24, 2.45) is 0 Å². The van der Waals surface area contributed by atoms with E-state index < -0.39 is 22.6 Å². The zero-order valence-corrected chi connectivity index (χ0v) is 16.9. The van der Waals surface area contributed by atoms with Crippen molar-refractivity contribution in [1.82, 2.24) is 19.9 Å². The number of nitrogens with zero attached hydrogens (tertiary/aromatic N) is 3. The first-order valence-corrected chi connectivity index (χ1v) is 9.11. The molecule has 27 heavy (non-hydrogen) atoms. The molecule has 0 aliphatic carbocycles. The number of anilines is 2. The van der Waals surface area contributed by atoms with Gasteiger partial charge in [-0.3, -0.25) is 4.79 Å². The first-order valence-electron chi connectivity index (χ1n) is 7.94. The van der Waals surface area contributed by atoms with Crippen molar-refractivity contribution >= 4 is 56.0 Å². The molecule has 0 saturated heterocycles. The summed E-state index contributed by atoms with van der Waals surface area (Å²) in [6.45, 7) is 3.92. The van der Waals surface area contributed by atoms with E-state index in [4.69, 9.17) is 11.6 Å². The predicted octanol–water partition coefficient (Wildman–Crippen LogP) is 4.81. The minimum Gasteiger partial charge on any atom is -0.355 e. The van der Waals surface area contributed by atoms with Crippen LogP contribution in [0.3, 0.4) is 0 Å². The molecule has 1 amide bonds. The van der Waals surface area contributed by atoms with Crippen molar-refractivity contribution in [2.45, 2.75) is 19.9 Å². The highest BCUT2D eigenvalue weighted by Gasteiger charge is 2.22. The monoisotopic (exact) mass is 457 g/mol. The van der Waals surface area contributed by atoms with Gasteiger partial charge in [-0.05, 0) is 41.9 Å². The van der Waals surface area contributed by atoms with Crippen LogP contribution in [0, 0.1) is 11.6 Å². The molecule has 0 unspecified atom stereocenters. The van der Waals surface area contributed by atoms with Crippen LogP contribution in [0.4, 0.5) is 20.3 Å². The van der Waals surface area contributed by atoms with Crippen LogP contribution < -0.4 is 10.6 Å². The summed E-state index contributed by atoms with van der Waals surface area (Å²) >= 11 is 9.06. The third-order valence-electron chi connectivity index (χ3n) is 3.95. The van der Waals surface area contributed by atoms with Crippen LogP contribution in [0.5, 0.6) is 0 Å². The van der Waals surface area contributed by atoms with E-state index in [1.54, 1.807) is 12.4 Å². The highest BCUT2D eigenvalue weighted by atomic mass is 79.9. The normalized spacial score (nSPS) is 11.3. The maximum atomic E-state index is 14.5. The lowest BCUT2D eigenvalue weighted by Gasteiger charge is -2.15. The van der Waals surface area contributed by atoms with Gasteiger partial charge in [0.15, 0.2) is 17.5 Å². The van der Waals surface area contributed by atoms with Crippen LogP contribution in [-0.2, 0) is 0 Å². The average molecular weight is 459 g/mol. The molecule has 0 bridgehead atoms. The lowest BCUT2D eigenvalue weighted by atomic mass is 10.1. The topological polar surface area (TPSA) is 71.8 Å². The van der Waals surface area contributed by atoms with Crippen LogP contribution in [0.25, 0.3) is 11.0 Å². The maximum absolute atomic E-state index is 14.5. The minimum atomic E-state index is -1.32. The molecule has 0 radical (unpaired) electrons. The second-order valence-electron chi connectivity index (χ2n) is 6.02. The van der Waals surface area contributed by atoms with Gasteiger partial charge in [-0.25, -0.2) is 18.7 Å². The Bertz CT molecular complexity index is 1050. The summed E-state index contributed by atoms with van der Waals surface area (Å²) in [4.78, 5) is 20.6. The Morgan fingerprint density at radius 1 is 1.30 bits per heavy atom. The van der Waals surface area contributed by atoms with Gasteiger partial charge in [0, 0.05) is 13.1 Å². The van der Waals surface area contributed by atoms with Crippen molar-refractivity contribution in [3.63, 3.8) is 0 Å². The fourth-order valence-electron chi connectivity index (χ4n) is 2.63. The van der Waals surface area contributed by atoms with E-state index in [1.807, 2.05) is 18.4 Å². The van der Waals surface area contributed by atoms with Crippen molar-refractivity contribution < 1.29 is 13.6 Å². The standard InChI is InChI=1S/C17H15BrClF2N5O/c1-7(2)26-6-23-10-5-11(18)25-16(15(10)26)24-9-4-8(17(27)22-3)12(19)14(21)13(9)20/h4-7H,1-3H3,(H,22,27)(H,24,25). The molecule has 0 spiro atoms. The third kappa shape index (κ3) is 3.49. The highest BCUT2D eigenvalue weighted by Crippen LogP contribution is 2.33. The zero-order valence-electron chi connectivity index (χ0n) is 14.6. The van der Waals surface area contributed by atoms with Crippen molar-refractivity contribution in [3.05, 3.63) is 45.3 Å². The molecule has 0 aliphatic rings. The van der Waals surface area contributed by atoms with Gasteiger partial charge in [0.25, 0.3) is 5.91 Å². The quantitative estimate of drug-likeness (QED) is 0.435. The second kappa shape index (κ2) is 7.40. The van der Waals surface area contributed by atoms with Gasteiger partial charge in [-0.15, -0.1) is 0 Å². The van der Waals surface area contributed by atoms with Crippen LogP contribution in [-0.4, -0.2) is 27.5 Å². The number of carbonyl (C=O) groups is 1. The molecule has 10 heteroatoms. The molecule has 3 rings (SSSR count). The summed E-state index contributed by atoms with van der Waals surface area (Å²) in [5.74, 6) is -2.90. The molecule has 6 nitrogen and oxygen atoms in total. The first kappa shape index (κ1) is 19.5. The zero-order chi connectivity index (χ0) is 19.9. The molecule has 3 aromatic rings. The van der Waals surface area contributed by atoms with Crippen LogP contribution in [0.1, 0.15) is 30.2 Å². The highest BCUT2D eigenvalue weighted by molar-refractivity contribution is 9.10. The fraction of sp³-hybridized carbons (Fsp3) is 0.235. The Morgan fingerprint density at radius 3 is 2.63 bits per heavy atom. The number of halogens is 4. The Morgan fingerprint density at radius 2 is 2.00 bits per heavy atom. The van der Waals surface area contributed by atoms with Gasteiger partial charge >= 0.3 is 0 Å². The molecule has 0 aliphatic heterocycles. The summed E-state index contributed by atoms with van der Waals surface area (Å²) in [6, 6.07) is 2.92. The summed E-state index contributed by atoms with van der Waals surface area (Å²) in [7, 11) is 1.37. The lowest BCUT2D eigenvalue weighted by Crippen LogP contribution is -2.19. The number of benzene rings is 1. The number of hydrogen-bond donors (Lipinski definition) is 2. The van der Waals surface area contributed by atoms with Gasteiger partial charge in [-0.1, -0.05) is 11.6 Å². The number of nitrogens with one attached hydrogen (secondary N) is 2. The first-order chi connectivity index (χ1) is 12.7. The number of hydrogen-bond acceptors (Lipinski definition) is 4. The maximum Gasteiger partial charge on any atom is 0.252 e. The van der Waals surface area contributed by atoms with Crippen LogP contribution >= 0.6 is 27.5 Å². The second-order valence-corrected chi connectivity index (χ2v) is 7.22. The summed E-state index contributed by atoms with van der Waals surface area (Å²) < 4.78 is 31.0. The molecular weight excluding hydrogens is 444 g/mol. The average Bonchev–Trinajstić information content (AvgIpc) is 3.05. The number of pyridine rings is 1. The molecule has 0 fully saturated rings. The van der Waals surface area contributed by atoms with Gasteiger partial charge in [-0.2, -0.15) is 0 Å². The van der Waals surface area contributed by atoms with Gasteiger partial charge in [0.1, 0.15) is 10.1 Å². The van der Waals surface area contributed by atoms with E-state index in [0.717, 1.165) is 6.07 Å². The number of aromatic nitrogens is 3. The molecule has 142 valence electrons. The van der Waals surface area contributed by atoms with Crippen LogP contribution in [0.2, 0.25) is 5.02 Å². The number of amides is 1. The van der Waals surface area contributed by atoms with E-state index in [1.165, 1.54) is 7.05 Å². The number of fused-ring (bicyclic) bond motifs is 1. The SMILES string of the molecule is CNC(=O)c1cc(Nc2nc(Br)cc3ncn(C(C)C)c23)c(F)c(F)c1Cl. The molecule has 1 aromatic carbocycles. The van der Waals surface area contributed by atoms with Gasteiger partial charge in [0.2, 0.25) is 0 Å². The molecule has 2 heterocycles. The van der Waals surface area contributed by atoms with E-state index in [9.17, 15) is 13.6 Å². The number of carbonyl (C=O) groups excluding carboxylic acids is 1. The van der Waals surface area contributed by atoms with Gasteiger partial charge in [0.05, 0.1) is 28.1 Å². The molecular formula is C17H15BrClF2N5O. The van der Waals surface area contributed by atoms with Crippen molar-refractivity contribution in [1.29, 1.82) is 0 Å². The fourth-order valence-corrected chi connectivity index (χ4v) is 3.25. The number of rotatable bonds is 4. The predicted molar refractivity (Wildman–Crippen MR) is 104 cm³/mol. The summed E-state index contributed by atoms with van der Waals surface area (Å²) in [5, 5.41) is 4.52.